The van der Waals surface area contributed by atoms with Crippen molar-refractivity contribution in [2.24, 2.45) is 0 Å². The van der Waals surface area contributed by atoms with Crippen molar-refractivity contribution < 1.29 is 9.53 Å². The van der Waals surface area contributed by atoms with Crippen molar-refractivity contribution in [3.05, 3.63) is 64.6 Å². The first-order valence-corrected chi connectivity index (χ1v) is 8.56. The lowest BCUT2D eigenvalue weighted by Crippen LogP contribution is -2.09. The van der Waals surface area contributed by atoms with Gasteiger partial charge in [0.1, 0.15) is 5.82 Å². The fourth-order valence-electron chi connectivity index (χ4n) is 2.60. The van der Waals surface area contributed by atoms with Gasteiger partial charge in [0, 0.05) is 17.3 Å². The topological polar surface area (TPSA) is 69.0 Å². The standard InChI is InChI=1S/C19H19ClN4O2/c1-4-14-10-18(24(23-14)17-11-21-8-7-12(17)2)22-16-6-5-13(20)9-15(16)19(25)26-3/h5-11,22H,4H2,1-3H3. The van der Waals surface area contributed by atoms with Crippen LogP contribution in [0.1, 0.15) is 28.5 Å². The molecule has 134 valence electrons. The first-order chi connectivity index (χ1) is 12.5. The van der Waals surface area contributed by atoms with E-state index in [0.717, 1.165) is 29.2 Å². The largest absolute Gasteiger partial charge is 0.465 e. The molecule has 0 fully saturated rings. The maximum Gasteiger partial charge on any atom is 0.340 e. The Balaban J connectivity index is 2.08. The Morgan fingerprint density at radius 2 is 2.12 bits per heavy atom. The summed E-state index contributed by atoms with van der Waals surface area (Å²) in [5, 5.41) is 8.38. The van der Waals surface area contributed by atoms with Gasteiger partial charge >= 0.3 is 5.97 Å². The molecule has 1 N–H and O–H groups in total. The van der Waals surface area contributed by atoms with E-state index in [1.165, 1.54) is 7.11 Å². The molecule has 0 aliphatic carbocycles. The van der Waals surface area contributed by atoms with E-state index < -0.39 is 5.97 Å². The molecule has 0 saturated carbocycles. The molecule has 2 aromatic heterocycles. The van der Waals surface area contributed by atoms with Crippen LogP contribution in [-0.4, -0.2) is 27.8 Å². The number of benzene rings is 1. The average molecular weight is 371 g/mol. The summed E-state index contributed by atoms with van der Waals surface area (Å²) < 4.78 is 6.65. The summed E-state index contributed by atoms with van der Waals surface area (Å²) in [7, 11) is 1.34. The number of hydrogen-bond acceptors (Lipinski definition) is 5. The molecule has 0 spiro atoms. The van der Waals surface area contributed by atoms with Crippen LogP contribution in [0.5, 0.6) is 0 Å². The highest BCUT2D eigenvalue weighted by molar-refractivity contribution is 6.31. The van der Waals surface area contributed by atoms with Gasteiger partial charge in [0.25, 0.3) is 0 Å². The predicted octanol–water partition coefficient (Wildman–Crippen LogP) is 4.32. The number of ether oxygens (including phenoxy) is 1. The Morgan fingerprint density at radius 1 is 1.31 bits per heavy atom. The number of pyridine rings is 1. The molecule has 0 radical (unpaired) electrons. The van der Waals surface area contributed by atoms with Gasteiger partial charge in [-0.2, -0.15) is 5.10 Å². The highest BCUT2D eigenvalue weighted by Crippen LogP contribution is 2.27. The van der Waals surface area contributed by atoms with E-state index >= 15 is 0 Å². The minimum Gasteiger partial charge on any atom is -0.465 e. The SMILES string of the molecule is CCc1cc(Nc2ccc(Cl)cc2C(=O)OC)n(-c2cnccc2C)n1. The van der Waals surface area contributed by atoms with Crippen molar-refractivity contribution in [3.8, 4) is 5.69 Å². The molecule has 6 nitrogen and oxygen atoms in total. The van der Waals surface area contributed by atoms with Crippen molar-refractivity contribution in [2.75, 3.05) is 12.4 Å². The lowest BCUT2D eigenvalue weighted by molar-refractivity contribution is 0.0602. The highest BCUT2D eigenvalue weighted by Gasteiger charge is 2.16. The summed E-state index contributed by atoms with van der Waals surface area (Å²) in [6.45, 7) is 4.03. The summed E-state index contributed by atoms with van der Waals surface area (Å²) in [6.07, 6.45) is 4.28. The van der Waals surface area contributed by atoms with Crippen LogP contribution in [0.15, 0.2) is 42.7 Å². The Bertz CT molecular complexity index is 952. The van der Waals surface area contributed by atoms with Crippen LogP contribution in [0.2, 0.25) is 5.02 Å². The zero-order chi connectivity index (χ0) is 18.7. The highest BCUT2D eigenvalue weighted by atomic mass is 35.5. The van der Waals surface area contributed by atoms with Crippen molar-refractivity contribution in [1.29, 1.82) is 0 Å². The number of rotatable bonds is 5. The molecule has 0 amide bonds. The smallest absolute Gasteiger partial charge is 0.340 e. The van der Waals surface area contributed by atoms with Crippen LogP contribution < -0.4 is 5.32 Å². The summed E-state index contributed by atoms with van der Waals surface area (Å²) in [5.74, 6) is 0.264. The second-order valence-corrected chi connectivity index (χ2v) is 6.19. The Labute approximate surface area is 156 Å². The number of carbonyl (C=O) groups is 1. The zero-order valence-corrected chi connectivity index (χ0v) is 15.5. The second-order valence-electron chi connectivity index (χ2n) is 5.75. The minimum absolute atomic E-state index is 0.355. The van der Waals surface area contributed by atoms with Gasteiger partial charge in [-0.3, -0.25) is 4.98 Å². The van der Waals surface area contributed by atoms with E-state index in [-0.39, 0.29) is 0 Å². The number of anilines is 2. The molecule has 3 aromatic rings. The number of esters is 1. The number of aromatic nitrogens is 3. The number of nitrogens with one attached hydrogen (secondary N) is 1. The third-order valence-electron chi connectivity index (χ3n) is 4.01. The molecule has 0 aliphatic heterocycles. The van der Waals surface area contributed by atoms with Crippen LogP contribution >= 0.6 is 11.6 Å². The first-order valence-electron chi connectivity index (χ1n) is 8.18. The molecule has 1 aromatic carbocycles. The molecule has 2 heterocycles. The normalized spacial score (nSPS) is 10.6. The molecule has 3 rings (SSSR count). The van der Waals surface area contributed by atoms with Crippen LogP contribution in [0, 0.1) is 6.92 Å². The van der Waals surface area contributed by atoms with Crippen molar-refractivity contribution in [3.63, 3.8) is 0 Å². The van der Waals surface area contributed by atoms with Crippen molar-refractivity contribution >= 4 is 29.1 Å². The van der Waals surface area contributed by atoms with Gasteiger partial charge in [0.05, 0.1) is 35.9 Å². The van der Waals surface area contributed by atoms with Crippen molar-refractivity contribution in [2.45, 2.75) is 20.3 Å². The van der Waals surface area contributed by atoms with E-state index in [1.807, 2.05) is 26.0 Å². The number of methoxy groups -OCH3 is 1. The Kier molecular flexibility index (Phi) is 5.23. The first kappa shape index (κ1) is 17.9. The van der Waals surface area contributed by atoms with Crippen LogP contribution in [0.3, 0.4) is 0 Å². The van der Waals surface area contributed by atoms with Gasteiger partial charge in [-0.25, -0.2) is 9.48 Å². The molecule has 0 saturated heterocycles. The third kappa shape index (κ3) is 3.55. The van der Waals surface area contributed by atoms with Crippen molar-refractivity contribution in [1.82, 2.24) is 14.8 Å². The number of carbonyl (C=O) groups excluding carboxylic acids is 1. The minimum atomic E-state index is -0.464. The summed E-state index contributed by atoms with van der Waals surface area (Å²) in [5.41, 5.74) is 3.77. The van der Waals surface area contributed by atoms with E-state index in [1.54, 1.807) is 35.3 Å². The maximum atomic E-state index is 12.1. The van der Waals surface area contributed by atoms with Gasteiger partial charge in [-0.1, -0.05) is 18.5 Å². The van der Waals surface area contributed by atoms with E-state index in [0.29, 0.717) is 16.3 Å². The fourth-order valence-corrected chi connectivity index (χ4v) is 2.77. The number of hydrogen-bond donors (Lipinski definition) is 1. The molecular formula is C19H19ClN4O2. The Morgan fingerprint density at radius 3 is 2.81 bits per heavy atom. The van der Waals surface area contributed by atoms with Crippen LogP contribution in [0.25, 0.3) is 5.69 Å². The van der Waals surface area contributed by atoms with E-state index in [2.05, 4.69) is 15.4 Å². The zero-order valence-electron chi connectivity index (χ0n) is 14.8. The number of nitrogens with zero attached hydrogens (tertiary/aromatic N) is 3. The third-order valence-corrected chi connectivity index (χ3v) is 4.25. The van der Waals surface area contributed by atoms with Gasteiger partial charge in [-0.05, 0) is 43.2 Å². The van der Waals surface area contributed by atoms with E-state index in [4.69, 9.17) is 16.3 Å². The second kappa shape index (κ2) is 7.58. The van der Waals surface area contributed by atoms with Gasteiger partial charge < -0.3 is 10.1 Å². The lowest BCUT2D eigenvalue weighted by atomic mass is 10.1. The van der Waals surface area contributed by atoms with E-state index in [9.17, 15) is 4.79 Å². The summed E-state index contributed by atoms with van der Waals surface area (Å²) >= 11 is 6.03. The van der Waals surface area contributed by atoms with Gasteiger partial charge in [0.2, 0.25) is 0 Å². The lowest BCUT2D eigenvalue weighted by Gasteiger charge is -2.14. The predicted molar refractivity (Wildman–Crippen MR) is 102 cm³/mol. The summed E-state index contributed by atoms with van der Waals surface area (Å²) in [4.78, 5) is 16.3. The van der Waals surface area contributed by atoms with Crippen LogP contribution in [-0.2, 0) is 11.2 Å². The number of halogens is 1. The molecule has 0 aliphatic rings. The number of aryl methyl sites for hydroxylation is 2. The molecule has 7 heteroatoms. The molecule has 26 heavy (non-hydrogen) atoms. The molecular weight excluding hydrogens is 352 g/mol. The quantitative estimate of drug-likeness (QED) is 0.677. The monoisotopic (exact) mass is 370 g/mol. The molecule has 0 unspecified atom stereocenters. The van der Waals surface area contributed by atoms with Crippen LogP contribution in [0.4, 0.5) is 11.5 Å². The molecule has 0 bridgehead atoms. The summed E-state index contributed by atoms with van der Waals surface area (Å²) in [6, 6.07) is 8.91. The fraction of sp³-hybridized carbons (Fsp3) is 0.211. The Hall–Kier alpha value is -2.86. The van der Waals surface area contributed by atoms with Gasteiger partial charge in [0.15, 0.2) is 0 Å². The van der Waals surface area contributed by atoms with Gasteiger partial charge in [-0.15, -0.1) is 0 Å². The maximum absolute atomic E-state index is 12.1. The molecule has 0 atom stereocenters. The average Bonchev–Trinajstić information content (AvgIpc) is 3.05.